The zero-order chi connectivity index (χ0) is 21.5. The molecule has 0 aromatic heterocycles. The molecule has 0 bridgehead atoms. The van der Waals surface area contributed by atoms with E-state index in [-0.39, 0.29) is 22.0 Å². The third-order valence-corrected chi connectivity index (χ3v) is 8.72. The van der Waals surface area contributed by atoms with Crippen molar-refractivity contribution in [2.45, 2.75) is 16.2 Å². The molecule has 156 valence electrons. The predicted octanol–water partition coefficient (Wildman–Crippen LogP) is 4.65. The fourth-order valence-electron chi connectivity index (χ4n) is 3.22. The molecular formula is C20H16BrClN2O4S2. The van der Waals surface area contributed by atoms with Gasteiger partial charge in [-0.3, -0.25) is 9.03 Å². The normalized spacial score (nSPS) is 13.9. The molecule has 10 heteroatoms. The van der Waals surface area contributed by atoms with Crippen LogP contribution in [0, 0.1) is 0 Å². The van der Waals surface area contributed by atoms with E-state index >= 15 is 0 Å². The minimum atomic E-state index is -3.81. The first-order valence-electron chi connectivity index (χ1n) is 8.86. The van der Waals surface area contributed by atoms with Gasteiger partial charge in [0.1, 0.15) is 0 Å². The maximum atomic E-state index is 13.1. The summed E-state index contributed by atoms with van der Waals surface area (Å²) in [5.41, 5.74) is 1.58. The molecule has 0 unspecified atom stereocenters. The number of fused-ring (bicyclic) bond motifs is 1. The van der Waals surface area contributed by atoms with Gasteiger partial charge in [0.25, 0.3) is 20.0 Å². The highest BCUT2D eigenvalue weighted by atomic mass is 79.9. The van der Waals surface area contributed by atoms with Gasteiger partial charge >= 0.3 is 0 Å². The summed E-state index contributed by atoms with van der Waals surface area (Å²) in [6.07, 6.45) is 0.544. The summed E-state index contributed by atoms with van der Waals surface area (Å²) in [5, 5.41) is 0.445. The minimum absolute atomic E-state index is 0.108. The molecule has 1 heterocycles. The molecule has 6 nitrogen and oxygen atoms in total. The molecular weight excluding hydrogens is 512 g/mol. The fraction of sp³-hybridized carbons (Fsp3) is 0.100. The molecule has 0 spiro atoms. The Morgan fingerprint density at radius 3 is 2.17 bits per heavy atom. The molecule has 1 N–H and O–H groups in total. The van der Waals surface area contributed by atoms with Crippen molar-refractivity contribution in [3.63, 3.8) is 0 Å². The monoisotopic (exact) mass is 526 g/mol. The van der Waals surface area contributed by atoms with Crippen LogP contribution in [-0.2, 0) is 26.5 Å². The quantitative estimate of drug-likeness (QED) is 0.523. The summed E-state index contributed by atoms with van der Waals surface area (Å²) < 4.78 is 56.1. The highest BCUT2D eigenvalue weighted by Crippen LogP contribution is 2.35. The van der Waals surface area contributed by atoms with E-state index in [1.54, 1.807) is 30.3 Å². The molecule has 0 radical (unpaired) electrons. The lowest BCUT2D eigenvalue weighted by Gasteiger charge is -2.20. The van der Waals surface area contributed by atoms with Crippen molar-refractivity contribution in [1.82, 2.24) is 0 Å². The van der Waals surface area contributed by atoms with E-state index in [0.717, 1.165) is 10.0 Å². The molecule has 0 fully saturated rings. The van der Waals surface area contributed by atoms with Gasteiger partial charge in [0.05, 0.1) is 21.2 Å². The molecule has 0 atom stereocenters. The van der Waals surface area contributed by atoms with Gasteiger partial charge in [-0.1, -0.05) is 33.6 Å². The van der Waals surface area contributed by atoms with Crippen LogP contribution in [-0.4, -0.2) is 23.4 Å². The zero-order valence-corrected chi connectivity index (χ0v) is 19.4. The number of halogens is 2. The van der Waals surface area contributed by atoms with E-state index in [1.807, 2.05) is 0 Å². The molecule has 3 aromatic rings. The lowest BCUT2D eigenvalue weighted by Crippen LogP contribution is -2.29. The molecule has 0 saturated carbocycles. The van der Waals surface area contributed by atoms with Crippen LogP contribution in [0.25, 0.3) is 0 Å². The Bertz CT molecular complexity index is 1310. The first-order chi connectivity index (χ1) is 14.2. The van der Waals surface area contributed by atoms with Gasteiger partial charge in [0.15, 0.2) is 0 Å². The van der Waals surface area contributed by atoms with E-state index in [4.69, 9.17) is 11.6 Å². The Morgan fingerprint density at radius 2 is 1.50 bits per heavy atom. The Hall–Kier alpha value is -2.07. The number of benzene rings is 3. The molecule has 0 amide bonds. The third-order valence-electron chi connectivity index (χ3n) is 4.72. The van der Waals surface area contributed by atoms with Crippen molar-refractivity contribution >= 4 is 59.0 Å². The number of anilines is 2. The third kappa shape index (κ3) is 4.07. The Kier molecular flexibility index (Phi) is 5.56. The van der Waals surface area contributed by atoms with Gasteiger partial charge < -0.3 is 0 Å². The molecule has 30 heavy (non-hydrogen) atoms. The van der Waals surface area contributed by atoms with Crippen LogP contribution in [0.2, 0.25) is 5.02 Å². The summed E-state index contributed by atoms with van der Waals surface area (Å²) in [6, 6.07) is 17.1. The molecule has 0 saturated heterocycles. The topological polar surface area (TPSA) is 83.6 Å². The Labute approximate surface area is 188 Å². The summed E-state index contributed by atoms with van der Waals surface area (Å²) in [7, 11) is -7.60. The second-order valence-electron chi connectivity index (χ2n) is 6.68. The SMILES string of the molecule is O=S(=O)(Nc1ccc2c(c1)N(S(=O)(=O)c1ccc(Cl)cc1)CC2)c1ccc(Br)cc1. The number of sulfonamides is 2. The van der Waals surface area contributed by atoms with Gasteiger partial charge in [-0.05, 0) is 72.6 Å². The minimum Gasteiger partial charge on any atom is -0.280 e. The first kappa shape index (κ1) is 21.2. The lowest BCUT2D eigenvalue weighted by molar-refractivity contribution is 0.592. The Balaban J connectivity index is 1.66. The van der Waals surface area contributed by atoms with E-state index in [9.17, 15) is 16.8 Å². The molecule has 3 aromatic carbocycles. The second kappa shape index (κ2) is 7.88. The van der Waals surface area contributed by atoms with Crippen LogP contribution in [0.4, 0.5) is 11.4 Å². The lowest BCUT2D eigenvalue weighted by atomic mass is 10.1. The standard InChI is InChI=1S/C20H16BrClN2O4S2/c21-15-2-7-18(8-3-15)29(25,26)23-17-6-1-14-11-12-24(20(14)13-17)30(27,28)19-9-4-16(22)5-10-19/h1-10,13,23H,11-12H2. The largest absolute Gasteiger partial charge is 0.280 e. The van der Waals surface area contributed by atoms with Crippen LogP contribution in [0.3, 0.4) is 0 Å². The van der Waals surface area contributed by atoms with Crippen molar-refractivity contribution in [2.75, 3.05) is 15.6 Å². The van der Waals surface area contributed by atoms with E-state index in [1.165, 1.54) is 40.7 Å². The highest BCUT2D eigenvalue weighted by Gasteiger charge is 2.31. The van der Waals surface area contributed by atoms with Gasteiger partial charge in [-0.25, -0.2) is 16.8 Å². The van der Waals surface area contributed by atoms with E-state index in [0.29, 0.717) is 17.1 Å². The van der Waals surface area contributed by atoms with E-state index in [2.05, 4.69) is 20.7 Å². The smallest absolute Gasteiger partial charge is 0.264 e. The number of nitrogens with zero attached hydrogens (tertiary/aromatic N) is 1. The summed E-state index contributed by atoms with van der Waals surface area (Å²) >= 11 is 9.14. The molecule has 1 aliphatic rings. The number of nitrogens with one attached hydrogen (secondary N) is 1. The Morgan fingerprint density at radius 1 is 0.867 bits per heavy atom. The number of hydrogen-bond acceptors (Lipinski definition) is 4. The van der Waals surface area contributed by atoms with E-state index < -0.39 is 20.0 Å². The predicted molar refractivity (Wildman–Crippen MR) is 121 cm³/mol. The van der Waals surface area contributed by atoms with Gasteiger partial charge in [-0.2, -0.15) is 0 Å². The maximum Gasteiger partial charge on any atom is 0.264 e. The molecule has 4 rings (SSSR count). The van der Waals surface area contributed by atoms with Gasteiger partial charge in [0, 0.05) is 16.0 Å². The van der Waals surface area contributed by atoms with Gasteiger partial charge in [0.2, 0.25) is 0 Å². The van der Waals surface area contributed by atoms with Gasteiger partial charge in [-0.15, -0.1) is 0 Å². The first-order valence-corrected chi connectivity index (χ1v) is 13.0. The summed E-state index contributed by atoms with van der Waals surface area (Å²) in [4.78, 5) is 0.234. The molecule has 1 aliphatic heterocycles. The van der Waals surface area contributed by atoms with Crippen molar-refractivity contribution in [1.29, 1.82) is 0 Å². The molecule has 0 aliphatic carbocycles. The summed E-state index contributed by atoms with van der Waals surface area (Å²) in [6.45, 7) is 0.281. The van der Waals surface area contributed by atoms with Crippen LogP contribution in [0.5, 0.6) is 0 Å². The zero-order valence-electron chi connectivity index (χ0n) is 15.4. The fourth-order valence-corrected chi connectivity index (χ4v) is 6.16. The van der Waals surface area contributed by atoms with Crippen molar-refractivity contribution in [3.05, 3.63) is 81.8 Å². The van der Waals surface area contributed by atoms with Crippen LogP contribution < -0.4 is 9.03 Å². The van der Waals surface area contributed by atoms with Crippen molar-refractivity contribution < 1.29 is 16.8 Å². The number of rotatable bonds is 5. The average molecular weight is 528 g/mol. The average Bonchev–Trinajstić information content (AvgIpc) is 3.12. The summed E-state index contributed by atoms with van der Waals surface area (Å²) in [5.74, 6) is 0. The highest BCUT2D eigenvalue weighted by molar-refractivity contribution is 9.10. The van der Waals surface area contributed by atoms with Crippen molar-refractivity contribution in [3.8, 4) is 0 Å². The second-order valence-corrected chi connectivity index (χ2v) is 11.6. The van der Waals surface area contributed by atoms with Crippen LogP contribution in [0.1, 0.15) is 5.56 Å². The van der Waals surface area contributed by atoms with Crippen molar-refractivity contribution in [2.24, 2.45) is 0 Å². The maximum absolute atomic E-state index is 13.1. The number of hydrogen-bond donors (Lipinski definition) is 1. The van der Waals surface area contributed by atoms with Crippen LogP contribution >= 0.6 is 27.5 Å². The van der Waals surface area contributed by atoms with Crippen LogP contribution in [0.15, 0.2) is 81.0 Å².